The van der Waals surface area contributed by atoms with E-state index in [1.165, 1.54) is 11.8 Å². The number of hydrogen-bond acceptors (Lipinski definition) is 3. The van der Waals surface area contributed by atoms with Crippen LogP contribution in [-0.4, -0.2) is 29.5 Å². The lowest BCUT2D eigenvalue weighted by Gasteiger charge is -2.17. The molecular formula is C19H20N2O3. The van der Waals surface area contributed by atoms with Gasteiger partial charge >= 0.3 is 0 Å². The summed E-state index contributed by atoms with van der Waals surface area (Å²) in [7, 11) is 1.67. The van der Waals surface area contributed by atoms with Gasteiger partial charge in [0.1, 0.15) is 6.42 Å². The maximum absolute atomic E-state index is 12.1. The molecule has 5 nitrogen and oxygen atoms in total. The molecule has 0 atom stereocenters. The van der Waals surface area contributed by atoms with Crippen molar-refractivity contribution in [3.8, 4) is 0 Å². The molecule has 2 amide bonds. The van der Waals surface area contributed by atoms with E-state index in [1.54, 1.807) is 31.3 Å². The quantitative estimate of drug-likeness (QED) is 0.656. The molecule has 24 heavy (non-hydrogen) atoms. The van der Waals surface area contributed by atoms with Gasteiger partial charge < -0.3 is 10.2 Å². The number of nitrogens with one attached hydrogen (secondary N) is 1. The second-order valence-electron chi connectivity index (χ2n) is 5.60. The van der Waals surface area contributed by atoms with Crippen molar-refractivity contribution in [3.63, 3.8) is 0 Å². The molecule has 2 aromatic rings. The van der Waals surface area contributed by atoms with Gasteiger partial charge in [-0.15, -0.1) is 0 Å². The summed E-state index contributed by atoms with van der Waals surface area (Å²) in [5.41, 5.74) is 2.02. The molecule has 0 aromatic heterocycles. The molecule has 0 aliphatic rings. The number of carbonyl (C=O) groups excluding carboxylic acids is 3. The second-order valence-corrected chi connectivity index (χ2v) is 5.60. The fraction of sp³-hybridized carbons (Fsp3) is 0.211. The van der Waals surface area contributed by atoms with Gasteiger partial charge in [-0.1, -0.05) is 42.5 Å². The Labute approximate surface area is 141 Å². The molecule has 2 aromatic carbocycles. The summed E-state index contributed by atoms with van der Waals surface area (Å²) in [6.45, 7) is 1.91. The van der Waals surface area contributed by atoms with E-state index in [-0.39, 0.29) is 18.1 Å². The molecule has 124 valence electrons. The molecule has 0 unspecified atom stereocenters. The van der Waals surface area contributed by atoms with Crippen LogP contribution in [0.15, 0.2) is 54.6 Å². The molecule has 5 heteroatoms. The van der Waals surface area contributed by atoms with Gasteiger partial charge in [-0.2, -0.15) is 0 Å². The summed E-state index contributed by atoms with van der Waals surface area (Å²) < 4.78 is 0. The van der Waals surface area contributed by atoms with Crippen molar-refractivity contribution < 1.29 is 14.4 Å². The minimum absolute atomic E-state index is 0.0789. The number of carbonyl (C=O) groups is 3. The van der Waals surface area contributed by atoms with Gasteiger partial charge in [0, 0.05) is 24.8 Å². The van der Waals surface area contributed by atoms with Crippen LogP contribution in [0.3, 0.4) is 0 Å². The third-order valence-electron chi connectivity index (χ3n) is 3.55. The number of hydrogen-bond donors (Lipinski definition) is 1. The van der Waals surface area contributed by atoms with Crippen LogP contribution in [-0.2, 0) is 16.1 Å². The van der Waals surface area contributed by atoms with Crippen LogP contribution in [0.25, 0.3) is 0 Å². The van der Waals surface area contributed by atoms with E-state index in [0.29, 0.717) is 17.8 Å². The minimum atomic E-state index is -0.402. The van der Waals surface area contributed by atoms with Crippen molar-refractivity contribution in [1.29, 1.82) is 0 Å². The first-order chi connectivity index (χ1) is 11.5. The Morgan fingerprint density at radius 2 is 1.71 bits per heavy atom. The highest BCUT2D eigenvalue weighted by atomic mass is 16.2. The number of Topliss-reactive ketones (excluding diaryl/α,β-unsaturated/α-hetero) is 1. The molecule has 0 saturated carbocycles. The first-order valence-electron chi connectivity index (χ1n) is 7.64. The van der Waals surface area contributed by atoms with Crippen molar-refractivity contribution in [2.75, 3.05) is 12.4 Å². The van der Waals surface area contributed by atoms with E-state index in [4.69, 9.17) is 0 Å². The first-order valence-corrected chi connectivity index (χ1v) is 7.64. The van der Waals surface area contributed by atoms with Gasteiger partial charge in [0.2, 0.25) is 11.8 Å². The predicted molar refractivity (Wildman–Crippen MR) is 92.6 cm³/mol. The van der Waals surface area contributed by atoms with Gasteiger partial charge in [0.15, 0.2) is 5.78 Å². The van der Waals surface area contributed by atoms with Gasteiger partial charge in [0.05, 0.1) is 0 Å². The van der Waals surface area contributed by atoms with Crippen molar-refractivity contribution in [3.05, 3.63) is 65.7 Å². The zero-order valence-corrected chi connectivity index (χ0v) is 13.8. The monoisotopic (exact) mass is 324 g/mol. The van der Waals surface area contributed by atoms with Crippen LogP contribution in [0.1, 0.15) is 29.3 Å². The van der Waals surface area contributed by atoms with E-state index in [0.717, 1.165) is 5.56 Å². The molecule has 1 N–H and O–H groups in total. The smallest absolute Gasteiger partial charge is 0.233 e. The molecule has 0 spiro atoms. The Hall–Kier alpha value is -2.95. The Morgan fingerprint density at radius 1 is 1.00 bits per heavy atom. The molecule has 0 heterocycles. The second kappa shape index (κ2) is 8.06. The summed E-state index contributed by atoms with van der Waals surface area (Å²) >= 11 is 0. The normalized spacial score (nSPS) is 10.1. The molecule has 0 radical (unpaired) electrons. The standard InChI is InChI=1S/C19H20N2O3/c1-14(22)16-9-6-10-17(11-16)20-18(23)12-19(24)21(2)13-15-7-4-3-5-8-15/h3-11H,12-13H2,1-2H3,(H,20,23). The lowest BCUT2D eigenvalue weighted by molar-refractivity contribution is -0.134. The Bertz CT molecular complexity index is 741. The lowest BCUT2D eigenvalue weighted by Crippen LogP contribution is -2.30. The third kappa shape index (κ3) is 5.05. The highest BCUT2D eigenvalue weighted by Gasteiger charge is 2.14. The minimum Gasteiger partial charge on any atom is -0.341 e. The van der Waals surface area contributed by atoms with Crippen LogP contribution >= 0.6 is 0 Å². The summed E-state index contributed by atoms with van der Waals surface area (Å²) in [5, 5.41) is 2.65. The van der Waals surface area contributed by atoms with E-state index >= 15 is 0 Å². The number of amides is 2. The molecule has 2 rings (SSSR count). The molecular weight excluding hydrogens is 304 g/mol. The number of nitrogens with zero attached hydrogens (tertiary/aromatic N) is 1. The molecule has 0 saturated heterocycles. The Kier molecular flexibility index (Phi) is 5.84. The Balaban J connectivity index is 1.90. The molecule has 0 aliphatic heterocycles. The molecule has 0 aliphatic carbocycles. The van der Waals surface area contributed by atoms with Crippen LogP contribution < -0.4 is 5.32 Å². The van der Waals surface area contributed by atoms with Crippen molar-refractivity contribution in [2.45, 2.75) is 19.9 Å². The van der Waals surface area contributed by atoms with Crippen LogP contribution in [0.4, 0.5) is 5.69 Å². The number of ketones is 1. The SMILES string of the molecule is CC(=O)c1cccc(NC(=O)CC(=O)N(C)Cc2ccccc2)c1. The summed E-state index contributed by atoms with van der Waals surface area (Å²) in [4.78, 5) is 37.0. The third-order valence-corrected chi connectivity index (χ3v) is 3.55. The van der Waals surface area contributed by atoms with Gasteiger partial charge in [-0.25, -0.2) is 0 Å². The zero-order valence-electron chi connectivity index (χ0n) is 13.8. The van der Waals surface area contributed by atoms with Crippen molar-refractivity contribution in [2.24, 2.45) is 0 Å². The molecule has 0 fully saturated rings. The van der Waals surface area contributed by atoms with Crippen LogP contribution in [0.2, 0.25) is 0 Å². The van der Waals surface area contributed by atoms with Gasteiger partial charge in [-0.3, -0.25) is 14.4 Å². The number of anilines is 1. The number of rotatable bonds is 6. The van der Waals surface area contributed by atoms with Crippen molar-refractivity contribution in [1.82, 2.24) is 4.90 Å². The van der Waals surface area contributed by atoms with E-state index in [9.17, 15) is 14.4 Å². The summed E-state index contributed by atoms with van der Waals surface area (Å²) in [6, 6.07) is 16.2. The van der Waals surface area contributed by atoms with E-state index < -0.39 is 5.91 Å². The first kappa shape index (κ1) is 17.4. The van der Waals surface area contributed by atoms with Gasteiger partial charge in [-0.05, 0) is 24.6 Å². The average molecular weight is 324 g/mol. The highest BCUT2D eigenvalue weighted by Crippen LogP contribution is 2.12. The fourth-order valence-corrected chi connectivity index (χ4v) is 2.24. The summed E-state index contributed by atoms with van der Waals surface area (Å²) in [6.07, 6.45) is -0.242. The molecule has 0 bridgehead atoms. The topological polar surface area (TPSA) is 66.5 Å². The van der Waals surface area contributed by atoms with E-state index in [1.807, 2.05) is 30.3 Å². The van der Waals surface area contributed by atoms with E-state index in [2.05, 4.69) is 5.32 Å². The van der Waals surface area contributed by atoms with Crippen molar-refractivity contribution >= 4 is 23.3 Å². The summed E-state index contributed by atoms with van der Waals surface area (Å²) in [5.74, 6) is -0.746. The van der Waals surface area contributed by atoms with Crippen LogP contribution in [0.5, 0.6) is 0 Å². The Morgan fingerprint density at radius 3 is 2.38 bits per heavy atom. The zero-order chi connectivity index (χ0) is 17.5. The lowest BCUT2D eigenvalue weighted by atomic mass is 10.1. The maximum atomic E-state index is 12.1. The maximum Gasteiger partial charge on any atom is 0.233 e. The van der Waals surface area contributed by atoms with Gasteiger partial charge in [0.25, 0.3) is 0 Å². The largest absolute Gasteiger partial charge is 0.341 e. The fourth-order valence-electron chi connectivity index (χ4n) is 2.24. The average Bonchev–Trinajstić information content (AvgIpc) is 2.55. The number of benzene rings is 2. The van der Waals surface area contributed by atoms with Crippen LogP contribution in [0, 0.1) is 0 Å². The predicted octanol–water partition coefficient (Wildman–Crippen LogP) is 2.88. The highest BCUT2D eigenvalue weighted by molar-refractivity contribution is 6.04.